The van der Waals surface area contributed by atoms with E-state index in [4.69, 9.17) is 0 Å². The first-order chi connectivity index (χ1) is 10.6. The Morgan fingerprint density at radius 2 is 1.55 bits per heavy atom. The molecule has 2 nitrogen and oxygen atoms in total. The third kappa shape index (κ3) is 2.60. The van der Waals surface area contributed by atoms with Gasteiger partial charge in [0.15, 0.2) is 0 Å². The lowest BCUT2D eigenvalue weighted by Crippen LogP contribution is -2.28. The molecule has 0 heterocycles. The zero-order valence-electron chi connectivity index (χ0n) is 12.2. The van der Waals surface area contributed by atoms with Crippen LogP contribution in [0.25, 0.3) is 10.8 Å². The lowest BCUT2D eigenvalue weighted by Gasteiger charge is -2.26. The molecule has 0 bridgehead atoms. The molecule has 3 aromatic rings. The van der Waals surface area contributed by atoms with Gasteiger partial charge in [0, 0.05) is 4.90 Å². The summed E-state index contributed by atoms with van der Waals surface area (Å²) in [6.45, 7) is 1.77. The second-order valence-corrected chi connectivity index (χ2v) is 6.77. The van der Waals surface area contributed by atoms with Crippen molar-refractivity contribution in [1.82, 2.24) is 0 Å². The topological polar surface area (TPSA) is 37.3 Å². The minimum Gasteiger partial charge on any atom is -0.480 e. The zero-order chi connectivity index (χ0) is 15.6. The molecule has 1 atom stereocenters. The average molecular weight is 308 g/mol. The molecule has 0 aliphatic rings. The zero-order valence-corrected chi connectivity index (χ0v) is 13.0. The van der Waals surface area contributed by atoms with Gasteiger partial charge < -0.3 is 5.11 Å². The molecule has 1 unspecified atom stereocenters. The first kappa shape index (κ1) is 14.7. The smallest absolute Gasteiger partial charge is 0.324 e. The van der Waals surface area contributed by atoms with Gasteiger partial charge in [-0.3, -0.25) is 4.79 Å². The van der Waals surface area contributed by atoms with Crippen LogP contribution in [0.4, 0.5) is 0 Å². The molecule has 0 saturated carbocycles. The van der Waals surface area contributed by atoms with Crippen LogP contribution in [0, 0.1) is 0 Å². The summed E-state index contributed by atoms with van der Waals surface area (Å²) >= 11 is 1.37. The summed E-state index contributed by atoms with van der Waals surface area (Å²) in [7, 11) is 0. The third-order valence-corrected chi connectivity index (χ3v) is 5.09. The molecule has 0 aliphatic heterocycles. The van der Waals surface area contributed by atoms with Gasteiger partial charge in [-0.2, -0.15) is 0 Å². The van der Waals surface area contributed by atoms with Crippen LogP contribution in [0.5, 0.6) is 0 Å². The maximum Gasteiger partial charge on any atom is 0.324 e. The number of benzene rings is 3. The van der Waals surface area contributed by atoms with Gasteiger partial charge in [0.25, 0.3) is 0 Å². The van der Waals surface area contributed by atoms with Crippen molar-refractivity contribution in [3.05, 3.63) is 78.4 Å². The normalized spacial score (nSPS) is 13.7. The summed E-state index contributed by atoms with van der Waals surface area (Å²) in [6, 6.07) is 23.4. The van der Waals surface area contributed by atoms with Gasteiger partial charge in [-0.15, -0.1) is 11.8 Å². The molecule has 22 heavy (non-hydrogen) atoms. The Hall–Kier alpha value is -2.26. The first-order valence-electron chi connectivity index (χ1n) is 7.07. The summed E-state index contributed by atoms with van der Waals surface area (Å²) < 4.78 is -1.04. The van der Waals surface area contributed by atoms with E-state index in [0.717, 1.165) is 21.2 Å². The van der Waals surface area contributed by atoms with Crippen LogP contribution < -0.4 is 0 Å². The van der Waals surface area contributed by atoms with Crippen molar-refractivity contribution < 1.29 is 9.90 Å². The fourth-order valence-electron chi connectivity index (χ4n) is 2.58. The summed E-state index contributed by atoms with van der Waals surface area (Å²) in [5.74, 6) is -0.835. The van der Waals surface area contributed by atoms with E-state index in [2.05, 4.69) is 0 Å². The lowest BCUT2D eigenvalue weighted by molar-refractivity contribution is -0.139. The number of aliphatic carboxylic acids is 1. The quantitative estimate of drug-likeness (QED) is 0.694. The number of carboxylic acid groups (broad SMARTS) is 1. The van der Waals surface area contributed by atoms with Gasteiger partial charge in [0.2, 0.25) is 0 Å². The van der Waals surface area contributed by atoms with Crippen LogP contribution in [0.2, 0.25) is 0 Å². The van der Waals surface area contributed by atoms with E-state index >= 15 is 0 Å². The Morgan fingerprint density at radius 1 is 0.909 bits per heavy atom. The summed E-state index contributed by atoms with van der Waals surface area (Å²) in [5.41, 5.74) is 0.826. The Labute approximate surface area is 133 Å². The highest BCUT2D eigenvalue weighted by Crippen LogP contribution is 2.43. The second-order valence-electron chi connectivity index (χ2n) is 5.28. The molecule has 0 spiro atoms. The Bertz CT molecular complexity index is 809. The van der Waals surface area contributed by atoms with E-state index in [1.54, 1.807) is 6.92 Å². The van der Waals surface area contributed by atoms with Gasteiger partial charge in [-0.05, 0) is 35.4 Å². The number of rotatable bonds is 4. The fourth-order valence-corrected chi connectivity index (χ4v) is 3.72. The van der Waals surface area contributed by atoms with E-state index in [0.29, 0.717) is 0 Å². The number of carboxylic acids is 1. The van der Waals surface area contributed by atoms with Gasteiger partial charge in [0.05, 0.1) is 0 Å². The van der Waals surface area contributed by atoms with E-state index in [1.165, 1.54) is 11.8 Å². The number of carbonyl (C=O) groups is 1. The number of hydrogen-bond donors (Lipinski definition) is 1. The fraction of sp³-hybridized carbons (Fsp3) is 0.105. The molecular formula is C19H16O2S. The highest BCUT2D eigenvalue weighted by Gasteiger charge is 2.37. The van der Waals surface area contributed by atoms with Crippen LogP contribution >= 0.6 is 11.8 Å². The first-order valence-corrected chi connectivity index (χ1v) is 7.88. The SMILES string of the molecule is CC(Sc1ccccc1)(C(=O)O)c1cccc2ccccc12. The monoisotopic (exact) mass is 308 g/mol. The van der Waals surface area contributed by atoms with Crippen molar-refractivity contribution in [2.45, 2.75) is 16.6 Å². The molecule has 3 aromatic carbocycles. The second kappa shape index (κ2) is 5.85. The molecule has 0 fully saturated rings. The molecule has 1 N–H and O–H groups in total. The summed E-state index contributed by atoms with van der Waals surface area (Å²) in [4.78, 5) is 13.0. The maximum atomic E-state index is 12.0. The van der Waals surface area contributed by atoms with Crippen LogP contribution in [0.3, 0.4) is 0 Å². The lowest BCUT2D eigenvalue weighted by atomic mass is 9.94. The molecule has 3 heteroatoms. The van der Waals surface area contributed by atoms with Crippen molar-refractivity contribution in [3.8, 4) is 0 Å². The third-order valence-electron chi connectivity index (χ3n) is 3.78. The molecule has 0 amide bonds. The summed E-state index contributed by atoms with van der Waals surface area (Å²) in [5, 5.41) is 11.9. The minimum atomic E-state index is -1.04. The van der Waals surface area contributed by atoms with E-state index < -0.39 is 10.7 Å². The molecule has 0 aromatic heterocycles. The van der Waals surface area contributed by atoms with Crippen LogP contribution in [0.1, 0.15) is 12.5 Å². The molecule has 0 radical (unpaired) electrons. The Balaban J connectivity index is 2.16. The maximum absolute atomic E-state index is 12.0. The average Bonchev–Trinajstić information content (AvgIpc) is 2.55. The van der Waals surface area contributed by atoms with Crippen molar-refractivity contribution in [2.75, 3.05) is 0 Å². The Kier molecular flexibility index (Phi) is 3.90. The highest BCUT2D eigenvalue weighted by atomic mass is 32.2. The van der Waals surface area contributed by atoms with Crippen LogP contribution in [0.15, 0.2) is 77.7 Å². The minimum absolute atomic E-state index is 0.826. The van der Waals surface area contributed by atoms with Crippen molar-refractivity contribution >= 4 is 28.5 Å². The van der Waals surface area contributed by atoms with Crippen molar-refractivity contribution in [1.29, 1.82) is 0 Å². The molecule has 3 rings (SSSR count). The van der Waals surface area contributed by atoms with Crippen LogP contribution in [-0.4, -0.2) is 11.1 Å². The van der Waals surface area contributed by atoms with Crippen molar-refractivity contribution in [2.24, 2.45) is 0 Å². The predicted molar refractivity (Wildman–Crippen MR) is 91.2 cm³/mol. The van der Waals surface area contributed by atoms with Gasteiger partial charge in [0.1, 0.15) is 4.75 Å². The highest BCUT2D eigenvalue weighted by molar-refractivity contribution is 8.01. The Morgan fingerprint density at radius 3 is 2.27 bits per heavy atom. The molecular weight excluding hydrogens is 292 g/mol. The van der Waals surface area contributed by atoms with Crippen molar-refractivity contribution in [3.63, 3.8) is 0 Å². The van der Waals surface area contributed by atoms with Gasteiger partial charge in [-0.1, -0.05) is 60.7 Å². The standard InChI is InChI=1S/C19H16O2S/c1-19(18(20)21,22-15-10-3-2-4-11-15)17-13-7-9-14-8-5-6-12-16(14)17/h2-13H,1H3,(H,20,21). The van der Waals surface area contributed by atoms with Gasteiger partial charge in [-0.25, -0.2) is 0 Å². The summed E-state index contributed by atoms with van der Waals surface area (Å²) in [6.07, 6.45) is 0. The molecule has 0 saturated heterocycles. The van der Waals surface area contributed by atoms with E-state index in [9.17, 15) is 9.90 Å². The van der Waals surface area contributed by atoms with E-state index in [-0.39, 0.29) is 0 Å². The molecule has 110 valence electrons. The largest absolute Gasteiger partial charge is 0.480 e. The number of fused-ring (bicyclic) bond motifs is 1. The number of thioether (sulfide) groups is 1. The molecule has 0 aliphatic carbocycles. The predicted octanol–water partition coefficient (Wildman–Crippen LogP) is 4.93. The van der Waals surface area contributed by atoms with E-state index in [1.807, 2.05) is 72.8 Å². The number of hydrogen-bond acceptors (Lipinski definition) is 2. The van der Waals surface area contributed by atoms with Crippen LogP contribution in [-0.2, 0) is 9.54 Å². The van der Waals surface area contributed by atoms with Gasteiger partial charge >= 0.3 is 5.97 Å².